The molecule has 1 amide bonds. The van der Waals surface area contributed by atoms with Gasteiger partial charge >= 0.3 is 12.4 Å². The molecule has 2 aromatic rings. The number of hydrogen-bond acceptors (Lipinski definition) is 2. The van der Waals surface area contributed by atoms with Crippen LogP contribution in [0.5, 0.6) is 0 Å². The van der Waals surface area contributed by atoms with Gasteiger partial charge in [0.25, 0.3) is 0 Å². The molecule has 1 fully saturated rings. The lowest BCUT2D eigenvalue weighted by Gasteiger charge is -2.39. The van der Waals surface area contributed by atoms with Gasteiger partial charge < -0.3 is 11.1 Å². The Balaban J connectivity index is 1.94. The first-order valence-corrected chi connectivity index (χ1v) is 10.2. The molecule has 3 rings (SSSR count). The summed E-state index contributed by atoms with van der Waals surface area (Å²) in [5.74, 6) is -0.436. The summed E-state index contributed by atoms with van der Waals surface area (Å²) >= 11 is 0. The van der Waals surface area contributed by atoms with Gasteiger partial charge in [-0.15, -0.1) is 0 Å². The molecular formula is C23H24F6N2O. The predicted octanol–water partition coefficient (Wildman–Crippen LogP) is 5.74. The zero-order valence-electron chi connectivity index (χ0n) is 17.4. The number of benzene rings is 2. The quantitative estimate of drug-likeness (QED) is 0.574. The Kier molecular flexibility index (Phi) is 6.60. The predicted molar refractivity (Wildman–Crippen MR) is 108 cm³/mol. The largest absolute Gasteiger partial charge is 0.416 e. The van der Waals surface area contributed by atoms with Crippen molar-refractivity contribution in [3.8, 4) is 0 Å². The number of nitrogens with one attached hydrogen (secondary N) is 1. The maximum atomic E-state index is 13.4. The third kappa shape index (κ3) is 5.09. The van der Waals surface area contributed by atoms with Crippen molar-refractivity contribution < 1.29 is 31.1 Å². The topological polar surface area (TPSA) is 55.1 Å². The Bertz CT molecular complexity index is 915. The average molecular weight is 458 g/mol. The van der Waals surface area contributed by atoms with Crippen LogP contribution < -0.4 is 11.1 Å². The second kappa shape index (κ2) is 8.77. The summed E-state index contributed by atoms with van der Waals surface area (Å²) in [5.41, 5.74) is 2.71. The SMILES string of the molecule is CC(NC(=O)C1(c2ccccc2)CCC(N)CC1)c1cc(C(F)(F)F)cc(C(F)(F)F)c1. The number of rotatable bonds is 4. The standard InChI is InChI=1S/C23H24F6N2O/c1-14(15-11-17(22(24,25)26)13-18(12-15)23(27,28)29)31-20(32)21(9-7-19(30)8-10-21)16-5-3-2-4-6-16/h2-6,11-14,19H,7-10,30H2,1H3,(H,31,32). The molecule has 174 valence electrons. The highest BCUT2D eigenvalue weighted by Crippen LogP contribution is 2.41. The fourth-order valence-corrected chi connectivity index (χ4v) is 4.18. The molecule has 0 heterocycles. The summed E-state index contributed by atoms with van der Waals surface area (Å²) in [6, 6.07) is 9.20. The minimum Gasteiger partial charge on any atom is -0.349 e. The first-order valence-electron chi connectivity index (χ1n) is 10.2. The fourth-order valence-electron chi connectivity index (χ4n) is 4.18. The molecule has 0 spiro atoms. The number of carbonyl (C=O) groups excluding carboxylic acids is 1. The van der Waals surface area contributed by atoms with E-state index in [0.717, 1.165) is 5.56 Å². The van der Waals surface area contributed by atoms with E-state index in [1.54, 1.807) is 30.3 Å². The van der Waals surface area contributed by atoms with Gasteiger partial charge in [0.2, 0.25) is 5.91 Å². The monoisotopic (exact) mass is 458 g/mol. The maximum Gasteiger partial charge on any atom is 0.416 e. The Hall–Kier alpha value is -2.55. The van der Waals surface area contributed by atoms with Crippen molar-refractivity contribution in [2.45, 2.75) is 62.5 Å². The van der Waals surface area contributed by atoms with Gasteiger partial charge in [0.15, 0.2) is 0 Å². The molecule has 1 unspecified atom stereocenters. The molecule has 1 saturated carbocycles. The van der Waals surface area contributed by atoms with Gasteiger partial charge in [-0.1, -0.05) is 30.3 Å². The van der Waals surface area contributed by atoms with Crippen molar-refractivity contribution in [3.05, 3.63) is 70.8 Å². The summed E-state index contributed by atoms with van der Waals surface area (Å²) in [6.45, 7) is 1.38. The van der Waals surface area contributed by atoms with E-state index in [9.17, 15) is 31.1 Å². The number of alkyl halides is 6. The Labute approximate surface area is 182 Å². The van der Waals surface area contributed by atoms with Gasteiger partial charge in [0.1, 0.15) is 0 Å². The summed E-state index contributed by atoms with van der Waals surface area (Å²) in [6.07, 6.45) is -7.87. The van der Waals surface area contributed by atoms with Crippen LogP contribution in [0.4, 0.5) is 26.3 Å². The van der Waals surface area contributed by atoms with Crippen molar-refractivity contribution >= 4 is 5.91 Å². The number of nitrogens with two attached hydrogens (primary N) is 1. The van der Waals surface area contributed by atoms with Gasteiger partial charge in [0, 0.05) is 6.04 Å². The van der Waals surface area contributed by atoms with Crippen LogP contribution in [0.2, 0.25) is 0 Å². The van der Waals surface area contributed by atoms with E-state index >= 15 is 0 Å². The van der Waals surface area contributed by atoms with Gasteiger partial charge in [-0.25, -0.2) is 0 Å². The molecule has 1 aliphatic carbocycles. The minimum atomic E-state index is -4.95. The highest BCUT2D eigenvalue weighted by Gasteiger charge is 2.43. The molecule has 1 aliphatic rings. The maximum absolute atomic E-state index is 13.4. The molecule has 2 aromatic carbocycles. The van der Waals surface area contributed by atoms with E-state index in [0.29, 0.717) is 37.8 Å². The van der Waals surface area contributed by atoms with Crippen molar-refractivity contribution in [2.75, 3.05) is 0 Å². The molecule has 3 N–H and O–H groups in total. The highest BCUT2D eigenvalue weighted by atomic mass is 19.4. The summed E-state index contributed by atoms with van der Waals surface area (Å²) < 4.78 is 79.2. The van der Waals surface area contributed by atoms with E-state index in [2.05, 4.69) is 5.32 Å². The van der Waals surface area contributed by atoms with Gasteiger partial charge in [-0.05, 0) is 61.9 Å². The number of carbonyl (C=O) groups is 1. The van der Waals surface area contributed by atoms with Crippen LogP contribution in [0.25, 0.3) is 0 Å². The number of amides is 1. The van der Waals surface area contributed by atoms with E-state index in [1.165, 1.54) is 6.92 Å². The van der Waals surface area contributed by atoms with Crippen LogP contribution >= 0.6 is 0 Å². The molecule has 1 atom stereocenters. The summed E-state index contributed by atoms with van der Waals surface area (Å²) in [7, 11) is 0. The molecule has 0 saturated heterocycles. The molecule has 32 heavy (non-hydrogen) atoms. The summed E-state index contributed by atoms with van der Waals surface area (Å²) in [5, 5.41) is 2.66. The average Bonchev–Trinajstić information content (AvgIpc) is 2.73. The number of hydrogen-bond donors (Lipinski definition) is 2. The summed E-state index contributed by atoms with van der Waals surface area (Å²) in [4.78, 5) is 13.4. The molecule has 0 bridgehead atoms. The third-order valence-electron chi connectivity index (χ3n) is 6.10. The van der Waals surface area contributed by atoms with Gasteiger partial charge in [-0.3, -0.25) is 4.79 Å². The molecular weight excluding hydrogens is 434 g/mol. The minimum absolute atomic E-state index is 0.0603. The smallest absolute Gasteiger partial charge is 0.349 e. The van der Waals surface area contributed by atoms with Crippen molar-refractivity contribution in [2.24, 2.45) is 5.73 Å². The number of halogens is 6. The first-order chi connectivity index (χ1) is 14.8. The third-order valence-corrected chi connectivity index (χ3v) is 6.10. The molecule has 0 radical (unpaired) electrons. The lowest BCUT2D eigenvalue weighted by molar-refractivity contribution is -0.143. The fraction of sp³-hybridized carbons (Fsp3) is 0.435. The van der Waals surface area contributed by atoms with E-state index < -0.39 is 40.8 Å². The van der Waals surface area contributed by atoms with Crippen LogP contribution in [0, 0.1) is 0 Å². The van der Waals surface area contributed by atoms with Crippen LogP contribution in [0.1, 0.15) is 60.9 Å². The molecule has 0 aliphatic heterocycles. The zero-order chi connectivity index (χ0) is 23.7. The van der Waals surface area contributed by atoms with Crippen LogP contribution in [-0.2, 0) is 22.6 Å². The first kappa shape index (κ1) is 24.1. The molecule has 3 nitrogen and oxygen atoms in total. The normalized spacial score (nSPS) is 22.9. The van der Waals surface area contributed by atoms with Gasteiger partial charge in [-0.2, -0.15) is 26.3 Å². The van der Waals surface area contributed by atoms with E-state index in [4.69, 9.17) is 5.73 Å². The zero-order valence-corrected chi connectivity index (χ0v) is 17.4. The second-order valence-electron chi connectivity index (χ2n) is 8.32. The van der Waals surface area contributed by atoms with Crippen molar-refractivity contribution in [3.63, 3.8) is 0 Å². The highest BCUT2D eigenvalue weighted by molar-refractivity contribution is 5.88. The Morgan fingerprint density at radius 2 is 1.47 bits per heavy atom. The molecule has 0 aromatic heterocycles. The van der Waals surface area contributed by atoms with Crippen LogP contribution in [0.3, 0.4) is 0 Å². The van der Waals surface area contributed by atoms with Crippen LogP contribution in [-0.4, -0.2) is 11.9 Å². The lowest BCUT2D eigenvalue weighted by Crippen LogP contribution is -2.49. The van der Waals surface area contributed by atoms with Crippen molar-refractivity contribution in [1.29, 1.82) is 0 Å². The molecule has 9 heteroatoms. The Morgan fingerprint density at radius 3 is 1.94 bits per heavy atom. The van der Waals surface area contributed by atoms with Crippen LogP contribution in [0.15, 0.2) is 48.5 Å². The van der Waals surface area contributed by atoms with Crippen molar-refractivity contribution in [1.82, 2.24) is 5.32 Å². The second-order valence-corrected chi connectivity index (χ2v) is 8.32. The van der Waals surface area contributed by atoms with E-state index in [-0.39, 0.29) is 17.7 Å². The Morgan fingerprint density at radius 1 is 0.969 bits per heavy atom. The van der Waals surface area contributed by atoms with Gasteiger partial charge in [0.05, 0.1) is 22.6 Å². The lowest BCUT2D eigenvalue weighted by atomic mass is 9.67. The van der Waals surface area contributed by atoms with E-state index in [1.807, 2.05) is 0 Å².